The van der Waals surface area contributed by atoms with Crippen LogP contribution >= 0.6 is 0 Å². The lowest BCUT2D eigenvalue weighted by atomic mass is 10.1. The molecule has 26 heavy (non-hydrogen) atoms. The summed E-state index contributed by atoms with van der Waals surface area (Å²) in [4.78, 5) is 33.4. The Labute approximate surface area is 143 Å². The average Bonchev–Trinajstić information content (AvgIpc) is 2.98. The van der Waals surface area contributed by atoms with Crippen molar-refractivity contribution in [1.82, 2.24) is 0 Å². The fraction of sp³-hybridized carbons (Fsp3) is 0.200. The number of halogens is 3. The SMILES string of the molecule is Cc1occc1C(=O)OCC(=O)Nc1ccc(C(F)(F)F)cc1[N+](=O)[O-]. The van der Waals surface area contributed by atoms with Crippen molar-refractivity contribution in [3.05, 3.63) is 57.5 Å². The maximum absolute atomic E-state index is 12.6. The van der Waals surface area contributed by atoms with Crippen molar-refractivity contribution in [3.8, 4) is 0 Å². The van der Waals surface area contributed by atoms with Gasteiger partial charge in [-0.2, -0.15) is 13.2 Å². The largest absolute Gasteiger partial charge is 0.469 e. The number of carbonyl (C=O) groups excluding carboxylic acids is 2. The van der Waals surface area contributed by atoms with E-state index >= 15 is 0 Å². The summed E-state index contributed by atoms with van der Waals surface area (Å²) in [6.07, 6.45) is -3.52. The third-order valence-electron chi connectivity index (χ3n) is 3.21. The highest BCUT2D eigenvalue weighted by atomic mass is 19.4. The van der Waals surface area contributed by atoms with Crippen molar-refractivity contribution < 1.29 is 36.8 Å². The van der Waals surface area contributed by atoms with Crippen LogP contribution in [0.3, 0.4) is 0 Å². The maximum Gasteiger partial charge on any atom is 0.416 e. The molecule has 1 aromatic carbocycles. The van der Waals surface area contributed by atoms with Crippen molar-refractivity contribution >= 4 is 23.3 Å². The van der Waals surface area contributed by atoms with Crippen LogP contribution in [0.5, 0.6) is 0 Å². The third-order valence-corrected chi connectivity index (χ3v) is 3.21. The zero-order valence-corrected chi connectivity index (χ0v) is 13.1. The predicted molar refractivity (Wildman–Crippen MR) is 80.5 cm³/mol. The van der Waals surface area contributed by atoms with Crippen LogP contribution in [0.15, 0.2) is 34.9 Å². The average molecular weight is 372 g/mol. The number of hydrogen-bond acceptors (Lipinski definition) is 6. The molecule has 8 nitrogen and oxygen atoms in total. The normalized spacial score (nSPS) is 11.1. The number of benzene rings is 1. The van der Waals surface area contributed by atoms with Gasteiger partial charge in [0.2, 0.25) is 0 Å². The Morgan fingerprint density at radius 1 is 1.31 bits per heavy atom. The molecule has 0 saturated carbocycles. The number of nitrogens with one attached hydrogen (secondary N) is 1. The van der Waals surface area contributed by atoms with E-state index in [0.29, 0.717) is 12.1 Å². The Bertz CT molecular complexity index is 859. The van der Waals surface area contributed by atoms with Crippen LogP contribution in [-0.4, -0.2) is 23.4 Å². The molecule has 0 atom stereocenters. The van der Waals surface area contributed by atoms with Gasteiger partial charge < -0.3 is 14.5 Å². The second-order valence-corrected chi connectivity index (χ2v) is 5.00. The van der Waals surface area contributed by atoms with Crippen molar-refractivity contribution in [2.45, 2.75) is 13.1 Å². The van der Waals surface area contributed by atoms with Crippen LogP contribution in [0.2, 0.25) is 0 Å². The van der Waals surface area contributed by atoms with Crippen LogP contribution in [-0.2, 0) is 15.7 Å². The highest BCUT2D eigenvalue weighted by molar-refractivity contribution is 5.97. The number of alkyl halides is 3. The van der Waals surface area contributed by atoms with Crippen LogP contribution in [0.25, 0.3) is 0 Å². The Balaban J connectivity index is 2.07. The highest BCUT2D eigenvalue weighted by Crippen LogP contribution is 2.34. The molecule has 1 aromatic heterocycles. The topological polar surface area (TPSA) is 112 Å². The number of anilines is 1. The maximum atomic E-state index is 12.6. The molecule has 1 heterocycles. The second-order valence-electron chi connectivity index (χ2n) is 5.00. The summed E-state index contributed by atoms with van der Waals surface area (Å²) >= 11 is 0. The molecule has 0 saturated heterocycles. The number of furan rings is 1. The summed E-state index contributed by atoms with van der Waals surface area (Å²) in [7, 11) is 0. The van der Waals surface area contributed by atoms with Gasteiger partial charge >= 0.3 is 12.1 Å². The summed E-state index contributed by atoms with van der Waals surface area (Å²) < 4.78 is 47.5. The fourth-order valence-corrected chi connectivity index (χ4v) is 1.96. The number of amides is 1. The van der Waals surface area contributed by atoms with E-state index in [1.807, 2.05) is 5.32 Å². The molecule has 11 heteroatoms. The van der Waals surface area contributed by atoms with Gasteiger partial charge in [0.15, 0.2) is 6.61 Å². The van der Waals surface area contributed by atoms with Gasteiger partial charge in [-0.05, 0) is 25.1 Å². The van der Waals surface area contributed by atoms with Crippen LogP contribution < -0.4 is 5.32 Å². The molecule has 0 bridgehead atoms. The summed E-state index contributed by atoms with van der Waals surface area (Å²) in [6.45, 7) is 0.712. The predicted octanol–water partition coefficient (Wildman–Crippen LogP) is 3.31. The van der Waals surface area contributed by atoms with Crippen molar-refractivity contribution in [1.29, 1.82) is 0 Å². The molecule has 0 aliphatic heterocycles. The number of nitro groups is 1. The van der Waals surface area contributed by atoms with Crippen molar-refractivity contribution in [2.75, 3.05) is 11.9 Å². The van der Waals surface area contributed by atoms with Gasteiger partial charge in [0.1, 0.15) is 17.0 Å². The van der Waals surface area contributed by atoms with Crippen LogP contribution in [0, 0.1) is 17.0 Å². The lowest BCUT2D eigenvalue weighted by molar-refractivity contribution is -0.384. The summed E-state index contributed by atoms with van der Waals surface area (Å²) in [5.74, 6) is -1.54. The smallest absolute Gasteiger partial charge is 0.416 e. The zero-order valence-electron chi connectivity index (χ0n) is 13.1. The molecule has 0 unspecified atom stereocenters. The number of aryl methyl sites for hydroxylation is 1. The first kappa shape index (κ1) is 19.0. The quantitative estimate of drug-likeness (QED) is 0.490. The number of hydrogen-bond donors (Lipinski definition) is 1. The van der Waals surface area contributed by atoms with Crippen molar-refractivity contribution in [2.24, 2.45) is 0 Å². The molecule has 0 aliphatic rings. The van der Waals surface area contributed by atoms with E-state index in [4.69, 9.17) is 9.15 Å². The lowest BCUT2D eigenvalue weighted by Gasteiger charge is -2.10. The molecule has 1 N–H and O–H groups in total. The first-order valence-electron chi connectivity index (χ1n) is 6.96. The first-order valence-corrected chi connectivity index (χ1v) is 6.96. The molecular formula is C15H11F3N2O6. The van der Waals surface area contributed by atoms with E-state index in [0.717, 1.165) is 6.07 Å². The number of rotatable bonds is 5. The Hall–Kier alpha value is -3.37. The van der Waals surface area contributed by atoms with Gasteiger partial charge in [0, 0.05) is 6.07 Å². The van der Waals surface area contributed by atoms with Gasteiger partial charge in [-0.1, -0.05) is 0 Å². The lowest BCUT2D eigenvalue weighted by Crippen LogP contribution is -2.21. The van der Waals surface area contributed by atoms with E-state index in [1.54, 1.807) is 0 Å². The Kier molecular flexibility index (Phi) is 5.29. The number of nitrogens with zero attached hydrogens (tertiary/aromatic N) is 1. The minimum atomic E-state index is -4.77. The first-order chi connectivity index (χ1) is 12.1. The minimum Gasteiger partial charge on any atom is -0.469 e. The highest BCUT2D eigenvalue weighted by Gasteiger charge is 2.33. The summed E-state index contributed by atoms with van der Waals surface area (Å²) in [5.41, 5.74) is -2.53. The Morgan fingerprint density at radius 2 is 2.00 bits per heavy atom. The van der Waals surface area contributed by atoms with Gasteiger partial charge in [0.05, 0.1) is 16.7 Å². The number of carbonyl (C=O) groups is 2. The standard InChI is InChI=1S/C15H11F3N2O6/c1-8-10(4-5-25-8)14(22)26-7-13(21)19-11-3-2-9(15(16,17)18)6-12(11)20(23)24/h2-6H,7H2,1H3,(H,19,21). The van der Waals surface area contributed by atoms with Crippen molar-refractivity contribution in [3.63, 3.8) is 0 Å². The van der Waals surface area contributed by atoms with Crippen LogP contribution in [0.1, 0.15) is 21.7 Å². The Morgan fingerprint density at radius 3 is 2.54 bits per heavy atom. The minimum absolute atomic E-state index is 0.0957. The second kappa shape index (κ2) is 7.25. The van der Waals surface area contributed by atoms with E-state index in [1.165, 1.54) is 19.3 Å². The van der Waals surface area contributed by atoms with Gasteiger partial charge in [-0.3, -0.25) is 14.9 Å². The molecule has 2 rings (SSSR count). The number of nitro benzene ring substituents is 1. The molecule has 0 radical (unpaired) electrons. The number of esters is 1. The van der Waals surface area contributed by atoms with E-state index < -0.39 is 46.5 Å². The van der Waals surface area contributed by atoms with E-state index in [2.05, 4.69) is 0 Å². The number of ether oxygens (including phenoxy) is 1. The van der Waals surface area contributed by atoms with Crippen LogP contribution in [0.4, 0.5) is 24.5 Å². The van der Waals surface area contributed by atoms with Gasteiger partial charge in [0.25, 0.3) is 11.6 Å². The molecular weight excluding hydrogens is 361 g/mol. The zero-order chi connectivity index (χ0) is 19.5. The fourth-order valence-electron chi connectivity index (χ4n) is 1.96. The van der Waals surface area contributed by atoms with E-state index in [-0.39, 0.29) is 11.3 Å². The summed E-state index contributed by atoms with van der Waals surface area (Å²) in [6, 6.07) is 2.97. The third kappa shape index (κ3) is 4.37. The monoisotopic (exact) mass is 372 g/mol. The van der Waals surface area contributed by atoms with Gasteiger partial charge in [-0.25, -0.2) is 4.79 Å². The summed E-state index contributed by atoms with van der Waals surface area (Å²) in [5, 5.41) is 13.0. The molecule has 138 valence electrons. The molecule has 0 fully saturated rings. The molecule has 2 aromatic rings. The molecule has 0 aliphatic carbocycles. The molecule has 0 spiro atoms. The van der Waals surface area contributed by atoms with E-state index in [9.17, 15) is 32.9 Å². The van der Waals surface area contributed by atoms with Gasteiger partial charge in [-0.15, -0.1) is 0 Å². The molecule has 1 amide bonds.